The van der Waals surface area contributed by atoms with Crippen molar-refractivity contribution >= 4 is 16.9 Å². The number of rotatable bonds is 2. The first-order chi connectivity index (χ1) is 9.22. The third-order valence-corrected chi connectivity index (χ3v) is 3.61. The van der Waals surface area contributed by atoms with E-state index in [2.05, 4.69) is 17.6 Å². The minimum Gasteiger partial charge on any atom is -0.451 e. The van der Waals surface area contributed by atoms with Gasteiger partial charge in [0.25, 0.3) is 5.91 Å². The largest absolute Gasteiger partial charge is 0.451 e. The molecule has 1 aliphatic rings. The van der Waals surface area contributed by atoms with Crippen molar-refractivity contribution in [2.75, 3.05) is 6.54 Å². The van der Waals surface area contributed by atoms with E-state index in [-0.39, 0.29) is 11.9 Å². The molecule has 3 rings (SSSR count). The van der Waals surface area contributed by atoms with Gasteiger partial charge in [-0.25, -0.2) is 0 Å². The lowest BCUT2D eigenvalue weighted by Gasteiger charge is -2.28. The van der Waals surface area contributed by atoms with E-state index in [1.54, 1.807) is 6.07 Å². The smallest absolute Gasteiger partial charge is 0.287 e. The first kappa shape index (κ1) is 12.2. The van der Waals surface area contributed by atoms with Gasteiger partial charge in [0.05, 0.1) is 0 Å². The summed E-state index contributed by atoms with van der Waals surface area (Å²) in [6.45, 7) is 3.09. The highest BCUT2D eigenvalue weighted by Crippen LogP contribution is 2.19. The van der Waals surface area contributed by atoms with Gasteiger partial charge in [0.1, 0.15) is 5.58 Å². The van der Waals surface area contributed by atoms with E-state index in [0.29, 0.717) is 11.8 Å². The Bertz CT molecular complexity index is 558. The van der Waals surface area contributed by atoms with Crippen molar-refractivity contribution in [3.8, 4) is 0 Å². The zero-order chi connectivity index (χ0) is 13.2. The fraction of sp³-hybridized carbons (Fsp3) is 0.400. The van der Waals surface area contributed by atoms with Crippen LogP contribution in [0.1, 0.15) is 30.3 Å². The lowest BCUT2D eigenvalue weighted by molar-refractivity contribution is 0.0899. The molecule has 2 aromatic rings. The Morgan fingerprint density at radius 3 is 3.05 bits per heavy atom. The van der Waals surface area contributed by atoms with Crippen molar-refractivity contribution in [1.82, 2.24) is 10.6 Å². The zero-order valence-electron chi connectivity index (χ0n) is 11.0. The van der Waals surface area contributed by atoms with Crippen LogP contribution in [0.3, 0.4) is 0 Å². The topological polar surface area (TPSA) is 54.3 Å². The summed E-state index contributed by atoms with van der Waals surface area (Å²) in [5.41, 5.74) is 0.756. The van der Waals surface area contributed by atoms with E-state index < -0.39 is 0 Å². The molecule has 4 nitrogen and oxygen atoms in total. The molecule has 1 saturated heterocycles. The van der Waals surface area contributed by atoms with Crippen molar-refractivity contribution in [2.24, 2.45) is 0 Å². The molecular weight excluding hydrogens is 240 g/mol. The Hall–Kier alpha value is -1.81. The number of furan rings is 1. The van der Waals surface area contributed by atoms with Crippen LogP contribution in [0.15, 0.2) is 34.7 Å². The highest BCUT2D eigenvalue weighted by atomic mass is 16.3. The molecule has 1 aromatic heterocycles. The summed E-state index contributed by atoms with van der Waals surface area (Å²) < 4.78 is 5.57. The Labute approximate surface area is 112 Å². The molecule has 2 atom stereocenters. The Morgan fingerprint density at radius 2 is 2.26 bits per heavy atom. The average Bonchev–Trinajstić information content (AvgIpc) is 2.82. The third-order valence-electron chi connectivity index (χ3n) is 3.61. The summed E-state index contributed by atoms with van der Waals surface area (Å²) >= 11 is 0. The van der Waals surface area contributed by atoms with E-state index in [0.717, 1.165) is 30.4 Å². The number of amides is 1. The van der Waals surface area contributed by atoms with E-state index in [1.165, 1.54) is 0 Å². The maximum Gasteiger partial charge on any atom is 0.287 e. The number of benzene rings is 1. The van der Waals surface area contributed by atoms with Crippen LogP contribution in [0.5, 0.6) is 0 Å². The van der Waals surface area contributed by atoms with Crippen molar-refractivity contribution < 1.29 is 9.21 Å². The molecule has 2 heterocycles. The van der Waals surface area contributed by atoms with Gasteiger partial charge in [0.2, 0.25) is 0 Å². The highest BCUT2D eigenvalue weighted by molar-refractivity contribution is 5.96. The van der Waals surface area contributed by atoms with Gasteiger partial charge in [0, 0.05) is 17.5 Å². The Balaban J connectivity index is 1.72. The van der Waals surface area contributed by atoms with Crippen LogP contribution >= 0.6 is 0 Å². The maximum atomic E-state index is 12.2. The van der Waals surface area contributed by atoms with Crippen LogP contribution in [0, 0.1) is 0 Å². The SMILES string of the molecule is CC1CC(NC(=O)c2cc3ccccc3o2)CCN1. The van der Waals surface area contributed by atoms with Crippen molar-refractivity contribution in [2.45, 2.75) is 31.8 Å². The maximum absolute atomic E-state index is 12.2. The van der Waals surface area contributed by atoms with Crippen LogP contribution in [0.25, 0.3) is 11.0 Å². The number of piperidine rings is 1. The molecule has 0 aliphatic carbocycles. The summed E-state index contributed by atoms with van der Waals surface area (Å²) in [7, 11) is 0. The van der Waals surface area contributed by atoms with E-state index in [1.807, 2.05) is 24.3 Å². The molecule has 0 bridgehead atoms. The highest BCUT2D eigenvalue weighted by Gasteiger charge is 2.21. The number of carbonyl (C=O) groups excluding carboxylic acids is 1. The van der Waals surface area contributed by atoms with Crippen LogP contribution in [-0.4, -0.2) is 24.5 Å². The molecule has 100 valence electrons. The minimum atomic E-state index is -0.115. The van der Waals surface area contributed by atoms with Crippen LogP contribution < -0.4 is 10.6 Å². The minimum absolute atomic E-state index is 0.115. The van der Waals surface area contributed by atoms with Crippen molar-refractivity contribution in [3.05, 3.63) is 36.1 Å². The van der Waals surface area contributed by atoms with Crippen LogP contribution in [0.4, 0.5) is 0 Å². The summed E-state index contributed by atoms with van der Waals surface area (Å²) in [4.78, 5) is 12.2. The second-order valence-corrected chi connectivity index (χ2v) is 5.20. The molecule has 2 N–H and O–H groups in total. The van der Waals surface area contributed by atoms with Crippen molar-refractivity contribution in [1.29, 1.82) is 0 Å². The molecule has 1 aromatic carbocycles. The zero-order valence-corrected chi connectivity index (χ0v) is 11.0. The van der Waals surface area contributed by atoms with Gasteiger partial charge in [0.15, 0.2) is 5.76 Å². The quantitative estimate of drug-likeness (QED) is 0.869. The van der Waals surface area contributed by atoms with E-state index in [9.17, 15) is 4.79 Å². The second kappa shape index (κ2) is 5.05. The van der Waals surface area contributed by atoms with Crippen molar-refractivity contribution in [3.63, 3.8) is 0 Å². The molecule has 0 saturated carbocycles. The fourth-order valence-corrected chi connectivity index (χ4v) is 2.61. The predicted octanol–water partition coefficient (Wildman–Crippen LogP) is 2.30. The first-order valence-electron chi connectivity index (χ1n) is 6.75. The standard InChI is InChI=1S/C15H18N2O2/c1-10-8-12(6-7-16-10)17-15(18)14-9-11-4-2-3-5-13(11)19-14/h2-5,9-10,12,16H,6-8H2,1H3,(H,17,18). The monoisotopic (exact) mass is 258 g/mol. The van der Waals surface area contributed by atoms with Gasteiger partial charge in [-0.3, -0.25) is 4.79 Å². The van der Waals surface area contributed by atoms with Gasteiger partial charge in [-0.1, -0.05) is 18.2 Å². The Morgan fingerprint density at radius 1 is 1.42 bits per heavy atom. The summed E-state index contributed by atoms with van der Waals surface area (Å²) in [5, 5.41) is 7.39. The van der Waals surface area contributed by atoms with Gasteiger partial charge in [-0.15, -0.1) is 0 Å². The molecule has 19 heavy (non-hydrogen) atoms. The van der Waals surface area contributed by atoms with Gasteiger partial charge >= 0.3 is 0 Å². The van der Waals surface area contributed by atoms with E-state index in [4.69, 9.17) is 4.42 Å². The van der Waals surface area contributed by atoms with E-state index >= 15 is 0 Å². The number of fused-ring (bicyclic) bond motifs is 1. The average molecular weight is 258 g/mol. The molecule has 1 amide bonds. The number of hydrogen-bond donors (Lipinski definition) is 2. The third kappa shape index (κ3) is 2.63. The molecule has 4 heteroatoms. The van der Waals surface area contributed by atoms with Gasteiger partial charge < -0.3 is 15.1 Å². The lowest BCUT2D eigenvalue weighted by Crippen LogP contribution is -2.46. The van der Waals surface area contributed by atoms with Gasteiger partial charge in [-0.05, 0) is 38.4 Å². The molecular formula is C15H18N2O2. The normalized spacial score (nSPS) is 23.4. The second-order valence-electron chi connectivity index (χ2n) is 5.20. The predicted molar refractivity (Wildman–Crippen MR) is 74.2 cm³/mol. The number of carbonyl (C=O) groups is 1. The number of hydrogen-bond acceptors (Lipinski definition) is 3. The summed E-state index contributed by atoms with van der Waals surface area (Å²) in [6, 6.07) is 10.2. The first-order valence-corrected chi connectivity index (χ1v) is 6.75. The molecule has 1 fully saturated rings. The van der Waals surface area contributed by atoms with Gasteiger partial charge in [-0.2, -0.15) is 0 Å². The molecule has 1 aliphatic heterocycles. The number of para-hydroxylation sites is 1. The molecule has 0 spiro atoms. The van der Waals surface area contributed by atoms with Crippen LogP contribution in [0.2, 0.25) is 0 Å². The molecule has 2 unspecified atom stereocenters. The lowest BCUT2D eigenvalue weighted by atomic mass is 10.0. The fourth-order valence-electron chi connectivity index (χ4n) is 2.61. The number of nitrogens with one attached hydrogen (secondary N) is 2. The van der Waals surface area contributed by atoms with Crippen LogP contribution in [-0.2, 0) is 0 Å². The molecule has 0 radical (unpaired) electrons. The summed E-state index contributed by atoms with van der Waals surface area (Å²) in [5.74, 6) is 0.280. The Kier molecular flexibility index (Phi) is 3.25. The summed E-state index contributed by atoms with van der Waals surface area (Å²) in [6.07, 6.45) is 1.93.